The molecule has 1 fully saturated rings. The molecule has 1 saturated heterocycles. The van der Waals surface area contributed by atoms with Crippen LogP contribution in [0.2, 0.25) is 0 Å². The molecule has 3 aromatic rings. The summed E-state index contributed by atoms with van der Waals surface area (Å²) >= 11 is 0. The molecule has 1 aromatic heterocycles. The lowest BCUT2D eigenvalue weighted by molar-refractivity contribution is 0.102. The average Bonchev–Trinajstić information content (AvgIpc) is 3.23. The van der Waals surface area contributed by atoms with Crippen LogP contribution in [-0.4, -0.2) is 24.0 Å². The Bertz CT molecular complexity index is 973. The third-order valence-corrected chi connectivity index (χ3v) is 4.55. The largest absolute Gasteiger partial charge is 0.417 e. The van der Waals surface area contributed by atoms with Crippen LogP contribution in [0.1, 0.15) is 22.3 Å². The Balaban J connectivity index is 0.00000196. The predicted molar refractivity (Wildman–Crippen MR) is 103 cm³/mol. The number of nitrogens with one attached hydrogen (secondary N) is 3. The molecule has 1 amide bonds. The van der Waals surface area contributed by atoms with Crippen LogP contribution in [0.4, 0.5) is 5.69 Å². The van der Waals surface area contributed by atoms with Crippen LogP contribution in [-0.2, 0) is 6.42 Å². The quantitative estimate of drug-likeness (QED) is 0.656. The van der Waals surface area contributed by atoms with Crippen molar-refractivity contribution in [1.29, 1.82) is 0 Å². The van der Waals surface area contributed by atoms with Crippen LogP contribution in [0.3, 0.4) is 0 Å². The van der Waals surface area contributed by atoms with Crippen molar-refractivity contribution < 1.29 is 9.21 Å². The number of anilines is 1. The van der Waals surface area contributed by atoms with Gasteiger partial charge in [-0.3, -0.25) is 9.78 Å². The minimum absolute atomic E-state index is 0. The van der Waals surface area contributed by atoms with E-state index < -0.39 is 5.76 Å². The van der Waals surface area contributed by atoms with Crippen LogP contribution in [0, 0.1) is 5.92 Å². The molecule has 0 aliphatic carbocycles. The Morgan fingerprint density at radius 1 is 1.23 bits per heavy atom. The predicted octanol–water partition coefficient (Wildman–Crippen LogP) is 2.95. The van der Waals surface area contributed by atoms with Crippen molar-refractivity contribution in [3.05, 3.63) is 64.1 Å². The molecule has 1 aliphatic heterocycles. The highest BCUT2D eigenvalue weighted by molar-refractivity contribution is 6.05. The third-order valence-electron chi connectivity index (χ3n) is 4.55. The van der Waals surface area contributed by atoms with Gasteiger partial charge in [-0.25, -0.2) is 4.79 Å². The topological polar surface area (TPSA) is 87.1 Å². The van der Waals surface area contributed by atoms with Gasteiger partial charge < -0.3 is 15.1 Å². The number of hydrogen-bond donors (Lipinski definition) is 3. The molecule has 2 aromatic carbocycles. The van der Waals surface area contributed by atoms with Gasteiger partial charge in [-0.15, -0.1) is 12.4 Å². The number of H-pyrrole nitrogens is 1. The number of aromatic nitrogens is 1. The molecule has 6 nitrogen and oxygen atoms in total. The number of aromatic amines is 1. The second-order valence-electron chi connectivity index (χ2n) is 6.44. The van der Waals surface area contributed by atoms with Gasteiger partial charge >= 0.3 is 5.76 Å². The first-order valence-electron chi connectivity index (χ1n) is 8.41. The fourth-order valence-corrected chi connectivity index (χ4v) is 3.29. The van der Waals surface area contributed by atoms with E-state index in [0.29, 0.717) is 28.3 Å². The zero-order valence-electron chi connectivity index (χ0n) is 14.1. The molecule has 136 valence electrons. The third kappa shape index (κ3) is 3.98. The van der Waals surface area contributed by atoms with Crippen molar-refractivity contribution in [1.82, 2.24) is 10.3 Å². The maximum absolute atomic E-state index is 12.5. The van der Waals surface area contributed by atoms with E-state index in [1.165, 1.54) is 12.0 Å². The number of fused-ring (bicyclic) bond motifs is 1. The zero-order chi connectivity index (χ0) is 17.2. The number of carbonyl (C=O) groups excluding carboxylic acids is 1. The van der Waals surface area contributed by atoms with Crippen molar-refractivity contribution in [2.75, 3.05) is 18.4 Å². The fraction of sp³-hybridized carbons (Fsp3) is 0.263. The summed E-state index contributed by atoms with van der Waals surface area (Å²) in [6, 6.07) is 12.8. The van der Waals surface area contributed by atoms with E-state index in [1.54, 1.807) is 24.3 Å². The molecular formula is C19H20ClN3O3. The summed E-state index contributed by atoms with van der Waals surface area (Å²) in [6.07, 6.45) is 2.16. The van der Waals surface area contributed by atoms with Gasteiger partial charge in [-0.2, -0.15) is 0 Å². The minimum Gasteiger partial charge on any atom is -0.408 e. The molecule has 1 atom stereocenters. The number of hydrogen-bond acceptors (Lipinski definition) is 4. The summed E-state index contributed by atoms with van der Waals surface area (Å²) in [6.45, 7) is 2.11. The molecule has 4 rings (SSSR count). The van der Waals surface area contributed by atoms with Crippen LogP contribution < -0.4 is 16.4 Å². The molecule has 1 unspecified atom stereocenters. The molecule has 0 bridgehead atoms. The summed E-state index contributed by atoms with van der Waals surface area (Å²) in [5, 5.41) is 6.22. The number of rotatable bonds is 4. The Labute approximate surface area is 156 Å². The van der Waals surface area contributed by atoms with Crippen molar-refractivity contribution in [2.45, 2.75) is 12.8 Å². The summed E-state index contributed by atoms with van der Waals surface area (Å²) in [7, 11) is 0. The summed E-state index contributed by atoms with van der Waals surface area (Å²) in [5.74, 6) is -0.0478. The van der Waals surface area contributed by atoms with Crippen molar-refractivity contribution in [2.24, 2.45) is 5.92 Å². The molecular weight excluding hydrogens is 354 g/mol. The normalized spacial score (nSPS) is 16.4. The monoisotopic (exact) mass is 373 g/mol. The van der Waals surface area contributed by atoms with Crippen LogP contribution >= 0.6 is 12.4 Å². The van der Waals surface area contributed by atoms with E-state index in [1.807, 2.05) is 12.1 Å². The number of oxazole rings is 1. The molecule has 1 aliphatic rings. The highest BCUT2D eigenvalue weighted by atomic mass is 35.5. The van der Waals surface area contributed by atoms with Crippen molar-refractivity contribution in [3.8, 4) is 0 Å². The van der Waals surface area contributed by atoms with E-state index in [-0.39, 0.29) is 18.3 Å². The minimum atomic E-state index is -0.507. The first kappa shape index (κ1) is 18.2. The highest BCUT2D eigenvalue weighted by Crippen LogP contribution is 2.19. The molecule has 0 saturated carbocycles. The summed E-state index contributed by atoms with van der Waals surface area (Å²) < 4.78 is 5.02. The second-order valence-corrected chi connectivity index (χ2v) is 6.44. The fourth-order valence-electron chi connectivity index (χ4n) is 3.29. The van der Waals surface area contributed by atoms with E-state index >= 15 is 0 Å². The molecule has 0 spiro atoms. The van der Waals surface area contributed by atoms with Gasteiger partial charge in [0.05, 0.1) is 5.52 Å². The smallest absolute Gasteiger partial charge is 0.408 e. The van der Waals surface area contributed by atoms with Crippen molar-refractivity contribution >= 4 is 35.1 Å². The van der Waals surface area contributed by atoms with Crippen molar-refractivity contribution in [3.63, 3.8) is 0 Å². The Kier molecular flexibility index (Phi) is 5.44. The number of amides is 1. The molecule has 3 N–H and O–H groups in total. The van der Waals surface area contributed by atoms with Gasteiger partial charge in [0.15, 0.2) is 5.58 Å². The number of halogens is 1. The van der Waals surface area contributed by atoms with Gasteiger partial charge in [0, 0.05) is 17.3 Å². The van der Waals surface area contributed by atoms with Gasteiger partial charge in [0.1, 0.15) is 0 Å². The highest BCUT2D eigenvalue weighted by Gasteiger charge is 2.16. The van der Waals surface area contributed by atoms with Gasteiger partial charge in [0.25, 0.3) is 5.91 Å². The zero-order valence-corrected chi connectivity index (χ0v) is 14.9. The van der Waals surface area contributed by atoms with E-state index in [0.717, 1.165) is 19.5 Å². The summed E-state index contributed by atoms with van der Waals surface area (Å²) in [5.41, 5.74) is 3.42. The van der Waals surface area contributed by atoms with Crippen LogP contribution in [0.5, 0.6) is 0 Å². The second kappa shape index (κ2) is 7.76. The average molecular weight is 374 g/mol. The number of benzene rings is 2. The maximum Gasteiger partial charge on any atom is 0.417 e. The standard InChI is InChI=1S/C19H19N3O3.ClH/c23-18(21-15-4-5-16-17(10-15)25-19(24)22-16)14-3-1-2-12(9-14)8-13-6-7-20-11-13;/h1-5,9-10,13,20H,6-8,11H2,(H,21,23)(H,22,24);1H. The lowest BCUT2D eigenvalue weighted by Gasteiger charge is -2.10. The molecule has 7 heteroatoms. The van der Waals surface area contributed by atoms with Crippen LogP contribution in [0.25, 0.3) is 11.1 Å². The van der Waals surface area contributed by atoms with E-state index in [2.05, 4.69) is 21.7 Å². The first-order chi connectivity index (χ1) is 12.2. The number of carbonyl (C=O) groups is 1. The lowest BCUT2D eigenvalue weighted by Crippen LogP contribution is -2.13. The van der Waals surface area contributed by atoms with Gasteiger partial charge in [-0.05, 0) is 61.7 Å². The van der Waals surface area contributed by atoms with E-state index in [9.17, 15) is 9.59 Å². The Morgan fingerprint density at radius 3 is 2.92 bits per heavy atom. The Hall–Kier alpha value is -2.57. The first-order valence-corrected chi connectivity index (χ1v) is 8.41. The maximum atomic E-state index is 12.5. The SMILES string of the molecule is Cl.O=C(Nc1ccc2[nH]c(=O)oc2c1)c1cccc(CC2CCNC2)c1. The Morgan fingerprint density at radius 2 is 2.12 bits per heavy atom. The summed E-state index contributed by atoms with van der Waals surface area (Å²) in [4.78, 5) is 26.3. The molecule has 0 radical (unpaired) electrons. The molecule has 2 heterocycles. The van der Waals surface area contributed by atoms with Crippen LogP contribution in [0.15, 0.2) is 51.7 Å². The van der Waals surface area contributed by atoms with E-state index in [4.69, 9.17) is 4.42 Å². The van der Waals surface area contributed by atoms with Gasteiger partial charge in [-0.1, -0.05) is 12.1 Å². The lowest BCUT2D eigenvalue weighted by atomic mass is 9.97. The molecule has 26 heavy (non-hydrogen) atoms. The van der Waals surface area contributed by atoms with Gasteiger partial charge in [0.2, 0.25) is 0 Å².